The number of nitrogens with zero attached hydrogens (tertiary/aromatic N) is 1. The zero-order valence-corrected chi connectivity index (χ0v) is 14.2. The van der Waals surface area contributed by atoms with Crippen molar-refractivity contribution in [3.8, 4) is 0 Å². The van der Waals surface area contributed by atoms with Crippen molar-refractivity contribution in [3.05, 3.63) is 32.4 Å². The highest BCUT2D eigenvalue weighted by Crippen LogP contribution is 2.23. The molecule has 1 aliphatic heterocycles. The van der Waals surface area contributed by atoms with Crippen LogP contribution in [-0.4, -0.2) is 30.6 Å². The lowest BCUT2D eigenvalue weighted by Crippen LogP contribution is -2.42. The van der Waals surface area contributed by atoms with E-state index >= 15 is 0 Å². The van der Waals surface area contributed by atoms with E-state index in [9.17, 15) is 0 Å². The fraction of sp³-hybridized carbons (Fsp3) is 0.600. The molecule has 1 aromatic heterocycles. The van der Waals surface area contributed by atoms with E-state index in [4.69, 9.17) is 0 Å². The number of likely N-dealkylation sites (tertiary alicyclic amines) is 1. The third-order valence-corrected chi connectivity index (χ3v) is 5.51. The molecule has 0 unspecified atom stereocenters. The van der Waals surface area contributed by atoms with Crippen molar-refractivity contribution in [1.29, 1.82) is 0 Å². The third-order valence-electron chi connectivity index (χ3n) is 3.59. The minimum absolute atomic E-state index is 0.678. The number of hydrogen-bond donors (Lipinski definition) is 1. The van der Waals surface area contributed by atoms with E-state index in [1.54, 1.807) is 0 Å². The van der Waals surface area contributed by atoms with Crippen LogP contribution in [0.25, 0.3) is 0 Å². The molecule has 2 heterocycles. The highest BCUT2D eigenvalue weighted by atomic mass is 79.9. The first-order valence-electron chi connectivity index (χ1n) is 6.96. The Morgan fingerprint density at radius 1 is 1.47 bits per heavy atom. The average Bonchev–Trinajstić information content (AvgIpc) is 2.81. The summed E-state index contributed by atoms with van der Waals surface area (Å²) in [5.74, 6) is 0. The van der Waals surface area contributed by atoms with Gasteiger partial charge in [-0.05, 0) is 67.2 Å². The maximum Gasteiger partial charge on any atom is 0.0327 e. The van der Waals surface area contributed by atoms with E-state index in [1.807, 2.05) is 11.3 Å². The molecule has 0 aliphatic carbocycles. The van der Waals surface area contributed by atoms with E-state index in [0.29, 0.717) is 6.04 Å². The topological polar surface area (TPSA) is 15.3 Å². The first-order valence-corrected chi connectivity index (χ1v) is 8.63. The molecule has 1 saturated heterocycles. The molecular formula is C15H23BrN2S. The van der Waals surface area contributed by atoms with Crippen molar-refractivity contribution in [2.45, 2.75) is 39.3 Å². The Balaban J connectivity index is 1.69. The number of rotatable bonds is 5. The van der Waals surface area contributed by atoms with Gasteiger partial charge in [0.05, 0.1) is 0 Å². The van der Waals surface area contributed by atoms with Gasteiger partial charge in [0.15, 0.2) is 0 Å². The van der Waals surface area contributed by atoms with Crippen LogP contribution in [0, 0.1) is 0 Å². The predicted molar refractivity (Wildman–Crippen MR) is 87.8 cm³/mol. The monoisotopic (exact) mass is 342 g/mol. The summed E-state index contributed by atoms with van der Waals surface area (Å²) in [5, 5.41) is 5.83. The van der Waals surface area contributed by atoms with Crippen LogP contribution < -0.4 is 5.32 Å². The van der Waals surface area contributed by atoms with Gasteiger partial charge in [-0.2, -0.15) is 0 Å². The van der Waals surface area contributed by atoms with Gasteiger partial charge in [-0.1, -0.05) is 11.6 Å². The second-order valence-corrected chi connectivity index (χ2v) is 7.28. The molecule has 0 amide bonds. The summed E-state index contributed by atoms with van der Waals surface area (Å²) in [5.41, 5.74) is 1.42. The van der Waals surface area contributed by atoms with Crippen molar-refractivity contribution in [1.82, 2.24) is 10.2 Å². The Morgan fingerprint density at radius 3 is 2.79 bits per heavy atom. The largest absolute Gasteiger partial charge is 0.309 e. The van der Waals surface area contributed by atoms with Crippen molar-refractivity contribution in [2.75, 3.05) is 19.6 Å². The lowest BCUT2D eigenvalue weighted by Gasteiger charge is -2.31. The van der Waals surface area contributed by atoms with Gasteiger partial charge in [0.2, 0.25) is 0 Å². The molecule has 2 nitrogen and oxygen atoms in total. The molecule has 19 heavy (non-hydrogen) atoms. The van der Waals surface area contributed by atoms with E-state index in [-0.39, 0.29) is 0 Å². The van der Waals surface area contributed by atoms with Crippen LogP contribution in [0.4, 0.5) is 0 Å². The molecule has 2 rings (SSSR count). The van der Waals surface area contributed by atoms with Gasteiger partial charge >= 0.3 is 0 Å². The zero-order valence-electron chi connectivity index (χ0n) is 11.8. The van der Waals surface area contributed by atoms with Gasteiger partial charge in [0.1, 0.15) is 0 Å². The van der Waals surface area contributed by atoms with Gasteiger partial charge in [-0.3, -0.25) is 4.90 Å². The van der Waals surface area contributed by atoms with Crippen LogP contribution in [0.5, 0.6) is 0 Å². The maximum absolute atomic E-state index is 3.69. The fourth-order valence-corrected chi connectivity index (χ4v) is 3.76. The molecule has 0 saturated carbocycles. The predicted octanol–water partition coefficient (Wildman–Crippen LogP) is 4.03. The Hall–Kier alpha value is -0.160. The Morgan fingerprint density at radius 2 is 2.21 bits per heavy atom. The van der Waals surface area contributed by atoms with Crippen molar-refractivity contribution < 1.29 is 0 Å². The Labute approximate surface area is 129 Å². The van der Waals surface area contributed by atoms with E-state index in [2.05, 4.69) is 57.5 Å². The summed E-state index contributed by atoms with van der Waals surface area (Å²) in [6.45, 7) is 8.89. The number of halogens is 1. The van der Waals surface area contributed by atoms with Crippen LogP contribution >= 0.6 is 27.3 Å². The number of allylic oxidation sites excluding steroid dienone is 1. The first kappa shape index (κ1) is 15.2. The van der Waals surface area contributed by atoms with Crippen molar-refractivity contribution >= 4 is 27.3 Å². The normalized spacial score (nSPS) is 17.6. The summed E-state index contributed by atoms with van der Waals surface area (Å²) in [6, 6.07) is 2.81. The highest BCUT2D eigenvalue weighted by Gasteiger charge is 2.18. The molecule has 0 spiro atoms. The summed E-state index contributed by atoms with van der Waals surface area (Å²) < 4.78 is 1.24. The van der Waals surface area contributed by atoms with Gasteiger partial charge in [-0.25, -0.2) is 0 Å². The summed E-state index contributed by atoms with van der Waals surface area (Å²) in [7, 11) is 0. The molecule has 0 radical (unpaired) electrons. The molecule has 4 heteroatoms. The second kappa shape index (κ2) is 7.58. The number of thiophene rings is 1. The second-order valence-electron chi connectivity index (χ2n) is 5.43. The molecule has 0 aromatic carbocycles. The van der Waals surface area contributed by atoms with Crippen molar-refractivity contribution in [3.63, 3.8) is 0 Å². The molecule has 1 fully saturated rings. The molecule has 0 atom stereocenters. The minimum atomic E-state index is 0.678. The molecule has 106 valence electrons. The van der Waals surface area contributed by atoms with Crippen LogP contribution in [0.1, 0.15) is 31.6 Å². The number of nitrogens with one attached hydrogen (secondary N) is 1. The first-order chi connectivity index (χ1) is 9.15. The quantitative estimate of drug-likeness (QED) is 0.812. The standard InChI is InChI=1S/C15H23BrN2S/c1-12(2)3-7-18-8-4-13(5-9-18)17-11-15-14(16)6-10-19-15/h3,6,10,13,17H,4-5,7-9,11H2,1-2H3. The van der Waals surface area contributed by atoms with Crippen LogP contribution in [-0.2, 0) is 6.54 Å². The van der Waals surface area contributed by atoms with Gasteiger partial charge < -0.3 is 5.32 Å². The molecular weight excluding hydrogens is 320 g/mol. The van der Waals surface area contributed by atoms with E-state index < -0.39 is 0 Å². The smallest absolute Gasteiger partial charge is 0.0327 e. The average molecular weight is 343 g/mol. The van der Waals surface area contributed by atoms with Gasteiger partial charge in [-0.15, -0.1) is 11.3 Å². The molecule has 1 aliphatic rings. The van der Waals surface area contributed by atoms with E-state index in [1.165, 1.54) is 40.9 Å². The third kappa shape index (κ3) is 5.03. The maximum atomic E-state index is 3.69. The SMILES string of the molecule is CC(C)=CCN1CCC(NCc2sccc2Br)CC1. The van der Waals surface area contributed by atoms with Gasteiger partial charge in [0, 0.05) is 28.5 Å². The van der Waals surface area contributed by atoms with Crippen molar-refractivity contribution in [2.24, 2.45) is 0 Å². The summed E-state index contributed by atoms with van der Waals surface area (Å²) >= 11 is 5.41. The number of piperidine rings is 1. The van der Waals surface area contributed by atoms with Crippen LogP contribution in [0.15, 0.2) is 27.6 Å². The highest BCUT2D eigenvalue weighted by molar-refractivity contribution is 9.10. The number of hydrogen-bond acceptors (Lipinski definition) is 3. The molecule has 1 N–H and O–H groups in total. The summed E-state index contributed by atoms with van der Waals surface area (Å²) in [4.78, 5) is 3.96. The molecule has 0 bridgehead atoms. The lowest BCUT2D eigenvalue weighted by molar-refractivity contribution is 0.214. The Bertz CT molecular complexity index is 416. The van der Waals surface area contributed by atoms with Crippen LogP contribution in [0.3, 0.4) is 0 Å². The van der Waals surface area contributed by atoms with E-state index in [0.717, 1.165) is 13.1 Å². The zero-order chi connectivity index (χ0) is 13.7. The lowest BCUT2D eigenvalue weighted by atomic mass is 10.0. The van der Waals surface area contributed by atoms with Crippen LogP contribution in [0.2, 0.25) is 0 Å². The Kier molecular flexibility index (Phi) is 6.07. The minimum Gasteiger partial charge on any atom is -0.309 e. The van der Waals surface area contributed by atoms with Gasteiger partial charge in [0.25, 0.3) is 0 Å². The fourth-order valence-electron chi connectivity index (χ4n) is 2.32. The summed E-state index contributed by atoms with van der Waals surface area (Å²) in [6.07, 6.45) is 4.86. The molecule has 1 aromatic rings.